The Bertz CT molecular complexity index is 1220. The van der Waals surface area contributed by atoms with Gasteiger partial charge in [-0.1, -0.05) is 12.1 Å². The molecule has 2 aromatic rings. The fraction of sp³-hybridized carbons (Fsp3) is 0.400. The first-order valence-electron chi connectivity index (χ1n) is 10.9. The van der Waals surface area contributed by atoms with Crippen LogP contribution < -0.4 is 0 Å². The van der Waals surface area contributed by atoms with Crippen molar-refractivity contribution < 1.29 is 39.5 Å². The van der Waals surface area contributed by atoms with Crippen molar-refractivity contribution in [1.82, 2.24) is 0 Å². The number of ketones is 3. The van der Waals surface area contributed by atoms with E-state index in [1.54, 1.807) is 19.9 Å². The van der Waals surface area contributed by atoms with Crippen LogP contribution in [0.4, 0.5) is 0 Å². The molecule has 2 aliphatic carbocycles. The number of hydrogen-bond acceptors (Lipinski definition) is 8. The zero-order valence-electron chi connectivity index (χ0n) is 18.2. The summed E-state index contributed by atoms with van der Waals surface area (Å²) < 4.78 is 5.73. The lowest BCUT2D eigenvalue weighted by atomic mass is 9.73. The Hall–Kier alpha value is -2.91. The molecule has 1 fully saturated rings. The predicted octanol–water partition coefficient (Wildman–Crippen LogP) is 1.62. The topological polar surface area (TPSA) is 141 Å². The molecule has 0 spiro atoms. The summed E-state index contributed by atoms with van der Waals surface area (Å²) in [5.41, 5.74) is -0.457. The van der Waals surface area contributed by atoms with E-state index in [4.69, 9.17) is 4.74 Å². The van der Waals surface area contributed by atoms with E-state index < -0.39 is 53.1 Å². The van der Waals surface area contributed by atoms with Crippen LogP contribution in [0.1, 0.15) is 86.1 Å². The molecule has 172 valence electrons. The Morgan fingerprint density at radius 1 is 0.939 bits per heavy atom. The van der Waals surface area contributed by atoms with Gasteiger partial charge in [0.2, 0.25) is 0 Å². The molecular weight excluding hydrogens is 428 g/mol. The molecule has 33 heavy (non-hydrogen) atoms. The summed E-state index contributed by atoms with van der Waals surface area (Å²) in [5.74, 6) is -1.94. The van der Waals surface area contributed by atoms with Crippen molar-refractivity contribution >= 4 is 17.3 Å². The van der Waals surface area contributed by atoms with E-state index in [1.807, 2.05) is 0 Å². The fourth-order valence-electron chi connectivity index (χ4n) is 5.27. The van der Waals surface area contributed by atoms with E-state index in [-0.39, 0.29) is 52.6 Å². The first-order valence-corrected chi connectivity index (χ1v) is 10.9. The number of carbonyl (C=O) groups is 3. The van der Waals surface area contributed by atoms with Crippen LogP contribution >= 0.6 is 0 Å². The quantitative estimate of drug-likeness (QED) is 0.436. The second kappa shape index (κ2) is 7.30. The Labute approximate surface area is 189 Å². The van der Waals surface area contributed by atoms with Crippen molar-refractivity contribution in [1.29, 1.82) is 0 Å². The van der Waals surface area contributed by atoms with Crippen molar-refractivity contribution in [3.63, 3.8) is 0 Å². The SMILES string of the molecule is C[C@H]1O[C@@H](c2ccc3c(c2O)C(=O)c2ccc4c(c2C3=O)C(=O)CC(C)(O)C4)C[C@@H](O)[C@@H]1O. The van der Waals surface area contributed by atoms with Gasteiger partial charge >= 0.3 is 0 Å². The molecule has 0 radical (unpaired) electrons. The lowest BCUT2D eigenvalue weighted by Gasteiger charge is -2.36. The number of phenols is 1. The van der Waals surface area contributed by atoms with E-state index >= 15 is 0 Å². The van der Waals surface area contributed by atoms with Crippen LogP contribution in [-0.4, -0.2) is 61.7 Å². The number of fused-ring (bicyclic) bond motifs is 4. The van der Waals surface area contributed by atoms with Gasteiger partial charge in [-0.25, -0.2) is 0 Å². The maximum Gasteiger partial charge on any atom is 0.198 e. The molecule has 8 heteroatoms. The average Bonchev–Trinajstić information content (AvgIpc) is 2.73. The highest BCUT2D eigenvalue weighted by Crippen LogP contribution is 2.43. The molecule has 1 saturated heterocycles. The highest BCUT2D eigenvalue weighted by Gasteiger charge is 2.42. The second-order valence-corrected chi connectivity index (χ2v) is 9.50. The van der Waals surface area contributed by atoms with E-state index in [0.717, 1.165) is 0 Å². The van der Waals surface area contributed by atoms with Gasteiger partial charge in [0.05, 0.1) is 29.5 Å². The highest BCUT2D eigenvalue weighted by atomic mass is 16.5. The van der Waals surface area contributed by atoms with Gasteiger partial charge in [0.15, 0.2) is 17.3 Å². The van der Waals surface area contributed by atoms with Crippen molar-refractivity contribution in [2.45, 2.75) is 63.1 Å². The minimum atomic E-state index is -1.22. The number of carbonyl (C=O) groups excluding carboxylic acids is 3. The number of benzene rings is 2. The van der Waals surface area contributed by atoms with Crippen molar-refractivity contribution in [3.8, 4) is 5.75 Å². The number of phenolic OH excluding ortho intramolecular Hbond substituents is 1. The van der Waals surface area contributed by atoms with Crippen LogP contribution in [0, 0.1) is 0 Å². The van der Waals surface area contributed by atoms with E-state index in [2.05, 4.69) is 0 Å². The third-order valence-electron chi connectivity index (χ3n) is 6.89. The maximum atomic E-state index is 13.4. The standard InChI is InChI=1S/C25H24O8/c1-10-21(28)15(26)7-17(33-10)12-5-6-14-20(22(12)29)24(31)13-4-3-11-8-25(2,32)9-16(27)18(11)19(13)23(14)30/h3-6,10,15,17,21,26,28-29,32H,7-9H2,1-2H3/t10-,15-,17-,21-,25?/m1/s1. The van der Waals surface area contributed by atoms with Crippen LogP contribution in [-0.2, 0) is 11.2 Å². The van der Waals surface area contributed by atoms with Crippen LogP contribution in [0.2, 0.25) is 0 Å². The van der Waals surface area contributed by atoms with Crippen LogP contribution in [0.3, 0.4) is 0 Å². The predicted molar refractivity (Wildman–Crippen MR) is 115 cm³/mol. The third-order valence-corrected chi connectivity index (χ3v) is 6.89. The fourth-order valence-corrected chi connectivity index (χ4v) is 5.27. The molecule has 1 heterocycles. The minimum Gasteiger partial charge on any atom is -0.507 e. The van der Waals surface area contributed by atoms with Gasteiger partial charge in [-0.3, -0.25) is 14.4 Å². The van der Waals surface area contributed by atoms with Gasteiger partial charge in [-0.05, 0) is 31.5 Å². The average molecular weight is 452 g/mol. The smallest absolute Gasteiger partial charge is 0.198 e. The summed E-state index contributed by atoms with van der Waals surface area (Å²) in [6.07, 6.45) is -3.56. The molecule has 0 aromatic heterocycles. The van der Waals surface area contributed by atoms with Crippen LogP contribution in [0.25, 0.3) is 0 Å². The molecule has 3 aliphatic rings. The summed E-state index contributed by atoms with van der Waals surface area (Å²) in [6, 6.07) is 5.91. The Balaban J connectivity index is 1.61. The van der Waals surface area contributed by atoms with E-state index in [0.29, 0.717) is 5.56 Å². The maximum absolute atomic E-state index is 13.4. The van der Waals surface area contributed by atoms with Crippen molar-refractivity contribution in [2.75, 3.05) is 0 Å². The molecule has 1 unspecified atom stereocenters. The van der Waals surface area contributed by atoms with Gasteiger partial charge in [-0.2, -0.15) is 0 Å². The highest BCUT2D eigenvalue weighted by molar-refractivity contribution is 6.32. The summed E-state index contributed by atoms with van der Waals surface area (Å²) in [5, 5.41) is 41.4. The van der Waals surface area contributed by atoms with Crippen molar-refractivity contribution in [2.24, 2.45) is 0 Å². The Morgan fingerprint density at radius 3 is 2.27 bits per heavy atom. The zero-order valence-corrected chi connectivity index (χ0v) is 18.2. The molecule has 0 saturated carbocycles. The number of aliphatic hydroxyl groups is 3. The van der Waals surface area contributed by atoms with E-state index in [9.17, 15) is 34.8 Å². The summed E-state index contributed by atoms with van der Waals surface area (Å²) in [6.45, 7) is 3.15. The Morgan fingerprint density at radius 2 is 1.58 bits per heavy atom. The van der Waals surface area contributed by atoms with Gasteiger partial charge in [-0.15, -0.1) is 0 Å². The largest absolute Gasteiger partial charge is 0.507 e. The number of hydrogen-bond donors (Lipinski definition) is 4. The molecule has 5 atom stereocenters. The van der Waals surface area contributed by atoms with Gasteiger partial charge < -0.3 is 25.2 Å². The van der Waals surface area contributed by atoms with E-state index in [1.165, 1.54) is 18.2 Å². The van der Waals surface area contributed by atoms with Gasteiger partial charge in [0.25, 0.3) is 0 Å². The summed E-state index contributed by atoms with van der Waals surface area (Å²) in [7, 11) is 0. The van der Waals surface area contributed by atoms with Crippen molar-refractivity contribution in [3.05, 3.63) is 63.2 Å². The van der Waals surface area contributed by atoms with Crippen LogP contribution in [0.5, 0.6) is 5.75 Å². The second-order valence-electron chi connectivity index (χ2n) is 9.50. The molecule has 5 rings (SSSR count). The van der Waals surface area contributed by atoms with Crippen LogP contribution in [0.15, 0.2) is 24.3 Å². The molecule has 1 aliphatic heterocycles. The summed E-state index contributed by atoms with van der Waals surface area (Å²) in [4.78, 5) is 39.7. The first-order chi connectivity index (χ1) is 15.5. The zero-order chi connectivity index (χ0) is 23.8. The molecule has 0 amide bonds. The minimum absolute atomic E-state index is 0.0124. The molecule has 2 aromatic carbocycles. The number of aliphatic hydroxyl groups excluding tert-OH is 2. The molecule has 0 bridgehead atoms. The molecular formula is C25H24O8. The molecule has 8 nitrogen and oxygen atoms in total. The molecule has 4 N–H and O–H groups in total. The number of ether oxygens (including phenoxy) is 1. The lowest BCUT2D eigenvalue weighted by molar-refractivity contribution is -0.163. The first kappa shape index (κ1) is 21.9. The monoisotopic (exact) mass is 452 g/mol. The number of rotatable bonds is 1. The Kier molecular flexibility index (Phi) is 4.84. The number of aromatic hydroxyl groups is 1. The lowest BCUT2D eigenvalue weighted by Crippen LogP contribution is -2.44. The number of Topliss-reactive ketones (excluding diaryl/α,β-unsaturated/α-hetero) is 1. The summed E-state index contributed by atoms with van der Waals surface area (Å²) >= 11 is 0. The van der Waals surface area contributed by atoms with Gasteiger partial charge in [0, 0.05) is 47.1 Å². The normalized spacial score (nSPS) is 31.1. The van der Waals surface area contributed by atoms with Gasteiger partial charge in [0.1, 0.15) is 11.9 Å². The third kappa shape index (κ3) is 3.25.